The van der Waals surface area contributed by atoms with Gasteiger partial charge in [-0.3, -0.25) is 9.69 Å². The van der Waals surface area contributed by atoms with Crippen molar-refractivity contribution in [1.82, 2.24) is 10.2 Å². The summed E-state index contributed by atoms with van der Waals surface area (Å²) in [4.78, 5) is 14.2. The van der Waals surface area contributed by atoms with Gasteiger partial charge in [-0.15, -0.1) is 0 Å². The van der Waals surface area contributed by atoms with Crippen molar-refractivity contribution < 1.29 is 9.18 Å². The van der Waals surface area contributed by atoms with Crippen molar-refractivity contribution in [3.05, 3.63) is 30.1 Å². The van der Waals surface area contributed by atoms with E-state index in [0.29, 0.717) is 12.5 Å². The van der Waals surface area contributed by atoms with Crippen molar-refractivity contribution in [3.8, 4) is 0 Å². The minimum atomic E-state index is -0.393. The number of nitrogens with one attached hydrogen (secondary N) is 2. The zero-order valence-electron chi connectivity index (χ0n) is 11.9. The third-order valence-electron chi connectivity index (χ3n) is 3.71. The Bertz CT molecular complexity index is 452. The van der Waals surface area contributed by atoms with Crippen LogP contribution in [0.15, 0.2) is 24.3 Å². The maximum absolute atomic E-state index is 13.4. The fourth-order valence-corrected chi connectivity index (χ4v) is 2.68. The first-order chi connectivity index (χ1) is 9.70. The van der Waals surface area contributed by atoms with Gasteiger partial charge in [0.15, 0.2) is 0 Å². The predicted molar refractivity (Wildman–Crippen MR) is 78.2 cm³/mol. The first-order valence-corrected chi connectivity index (χ1v) is 7.13. The van der Waals surface area contributed by atoms with Crippen molar-refractivity contribution in [1.29, 1.82) is 0 Å². The molecule has 1 saturated heterocycles. The molecule has 0 aliphatic carbocycles. The Kier molecular flexibility index (Phi) is 5.49. The monoisotopic (exact) mass is 279 g/mol. The fourth-order valence-electron chi connectivity index (χ4n) is 2.68. The Balaban J connectivity index is 1.79. The lowest BCUT2D eigenvalue weighted by Gasteiger charge is -2.23. The minimum Gasteiger partial charge on any atom is -0.324 e. The zero-order chi connectivity index (χ0) is 14.4. The van der Waals surface area contributed by atoms with E-state index in [-0.39, 0.29) is 11.6 Å². The molecule has 1 heterocycles. The van der Waals surface area contributed by atoms with Gasteiger partial charge in [0.05, 0.1) is 5.69 Å². The molecule has 1 aliphatic heterocycles. The standard InChI is InChI=1S/C15H22FN3O/c1-17-11-12-5-4-9-19(12)10-8-15(20)18-14-7-3-2-6-13(14)16/h2-3,6-7,12,17H,4-5,8-11H2,1H3,(H,18,20). The molecule has 1 aliphatic rings. The van der Waals surface area contributed by atoms with Crippen LogP contribution in [0.1, 0.15) is 19.3 Å². The van der Waals surface area contributed by atoms with E-state index in [2.05, 4.69) is 15.5 Å². The Morgan fingerprint density at radius 3 is 3.00 bits per heavy atom. The van der Waals surface area contributed by atoms with Gasteiger partial charge in [0, 0.05) is 25.6 Å². The highest BCUT2D eigenvalue weighted by atomic mass is 19.1. The van der Waals surface area contributed by atoms with E-state index in [1.54, 1.807) is 18.2 Å². The van der Waals surface area contributed by atoms with E-state index in [4.69, 9.17) is 0 Å². The van der Waals surface area contributed by atoms with Gasteiger partial charge < -0.3 is 10.6 Å². The molecule has 1 unspecified atom stereocenters. The number of likely N-dealkylation sites (N-methyl/N-ethyl adjacent to an activating group) is 1. The number of anilines is 1. The number of rotatable bonds is 6. The van der Waals surface area contributed by atoms with Crippen LogP contribution in [0.2, 0.25) is 0 Å². The van der Waals surface area contributed by atoms with Crippen molar-refractivity contribution in [2.45, 2.75) is 25.3 Å². The lowest BCUT2D eigenvalue weighted by atomic mass is 10.2. The molecule has 2 rings (SSSR count). The molecule has 20 heavy (non-hydrogen) atoms. The third-order valence-corrected chi connectivity index (χ3v) is 3.71. The van der Waals surface area contributed by atoms with Gasteiger partial charge in [-0.25, -0.2) is 4.39 Å². The largest absolute Gasteiger partial charge is 0.324 e. The number of amides is 1. The maximum atomic E-state index is 13.4. The summed E-state index contributed by atoms with van der Waals surface area (Å²) in [6, 6.07) is 6.76. The lowest BCUT2D eigenvalue weighted by Crippen LogP contribution is -2.38. The van der Waals surface area contributed by atoms with Crippen LogP contribution in [-0.2, 0) is 4.79 Å². The summed E-state index contributed by atoms with van der Waals surface area (Å²) in [6.07, 6.45) is 2.76. The summed E-state index contributed by atoms with van der Waals surface area (Å²) in [5, 5.41) is 5.81. The van der Waals surface area contributed by atoms with Crippen LogP contribution >= 0.6 is 0 Å². The smallest absolute Gasteiger partial charge is 0.225 e. The number of hydrogen-bond donors (Lipinski definition) is 2. The van der Waals surface area contributed by atoms with Crippen molar-refractivity contribution in [2.24, 2.45) is 0 Å². The van der Waals surface area contributed by atoms with E-state index >= 15 is 0 Å². The molecule has 0 saturated carbocycles. The predicted octanol–water partition coefficient (Wildman–Crippen LogP) is 1.84. The Morgan fingerprint density at radius 1 is 1.45 bits per heavy atom. The first kappa shape index (κ1) is 14.9. The maximum Gasteiger partial charge on any atom is 0.225 e. The fraction of sp³-hybridized carbons (Fsp3) is 0.533. The topological polar surface area (TPSA) is 44.4 Å². The second-order valence-corrected chi connectivity index (χ2v) is 5.17. The van der Waals surface area contributed by atoms with Crippen LogP contribution in [0.3, 0.4) is 0 Å². The molecule has 2 N–H and O–H groups in total. The molecule has 0 bridgehead atoms. The molecule has 1 atom stereocenters. The quantitative estimate of drug-likeness (QED) is 0.835. The van der Waals surface area contributed by atoms with Crippen LogP contribution in [0.25, 0.3) is 0 Å². The average Bonchev–Trinajstić information content (AvgIpc) is 2.87. The summed E-state index contributed by atoms with van der Waals surface area (Å²) in [6.45, 7) is 2.72. The summed E-state index contributed by atoms with van der Waals surface area (Å²) >= 11 is 0. The summed E-state index contributed by atoms with van der Waals surface area (Å²) in [5.74, 6) is -0.528. The summed E-state index contributed by atoms with van der Waals surface area (Å²) in [5.41, 5.74) is 0.255. The molecule has 4 nitrogen and oxygen atoms in total. The molecular weight excluding hydrogens is 257 g/mol. The number of benzene rings is 1. The molecule has 5 heteroatoms. The molecule has 0 aromatic heterocycles. The van der Waals surface area contributed by atoms with Gasteiger partial charge in [-0.2, -0.15) is 0 Å². The number of halogens is 1. The second kappa shape index (κ2) is 7.36. The van der Waals surface area contributed by atoms with Gasteiger partial charge in [0.1, 0.15) is 5.82 Å². The van der Waals surface area contributed by atoms with E-state index < -0.39 is 5.82 Å². The summed E-state index contributed by atoms with van der Waals surface area (Å²) in [7, 11) is 1.95. The van der Waals surface area contributed by atoms with Crippen LogP contribution < -0.4 is 10.6 Å². The van der Waals surface area contributed by atoms with E-state index in [9.17, 15) is 9.18 Å². The molecule has 1 aromatic rings. The first-order valence-electron chi connectivity index (χ1n) is 7.13. The Morgan fingerprint density at radius 2 is 2.25 bits per heavy atom. The zero-order valence-corrected chi connectivity index (χ0v) is 11.9. The van der Waals surface area contributed by atoms with Gasteiger partial charge in [-0.05, 0) is 38.6 Å². The van der Waals surface area contributed by atoms with E-state index in [1.165, 1.54) is 18.9 Å². The minimum absolute atomic E-state index is 0.134. The van der Waals surface area contributed by atoms with Crippen LogP contribution in [-0.4, -0.2) is 43.5 Å². The van der Waals surface area contributed by atoms with Gasteiger partial charge in [0.2, 0.25) is 5.91 Å². The molecule has 1 fully saturated rings. The molecular formula is C15H22FN3O. The molecule has 1 aromatic carbocycles. The SMILES string of the molecule is CNCC1CCCN1CCC(=O)Nc1ccccc1F. The van der Waals surface area contributed by atoms with Crippen LogP contribution in [0, 0.1) is 5.82 Å². The van der Waals surface area contributed by atoms with Crippen molar-refractivity contribution >= 4 is 11.6 Å². The van der Waals surface area contributed by atoms with Crippen molar-refractivity contribution in [2.75, 3.05) is 32.0 Å². The third kappa shape index (κ3) is 4.02. The molecule has 0 spiro atoms. The molecule has 110 valence electrons. The summed E-state index contributed by atoms with van der Waals surface area (Å²) < 4.78 is 13.4. The van der Waals surface area contributed by atoms with Gasteiger partial charge in [-0.1, -0.05) is 12.1 Å². The average molecular weight is 279 g/mol. The normalized spacial score (nSPS) is 19.2. The van der Waals surface area contributed by atoms with Crippen LogP contribution in [0.4, 0.5) is 10.1 Å². The lowest BCUT2D eigenvalue weighted by molar-refractivity contribution is -0.116. The van der Waals surface area contributed by atoms with E-state index in [1.807, 2.05) is 7.05 Å². The number of likely N-dealkylation sites (tertiary alicyclic amines) is 1. The van der Waals surface area contributed by atoms with E-state index in [0.717, 1.165) is 19.6 Å². The highest BCUT2D eigenvalue weighted by Crippen LogP contribution is 2.17. The van der Waals surface area contributed by atoms with Crippen LogP contribution in [0.5, 0.6) is 0 Å². The number of hydrogen-bond acceptors (Lipinski definition) is 3. The highest BCUT2D eigenvalue weighted by molar-refractivity contribution is 5.90. The van der Waals surface area contributed by atoms with Crippen molar-refractivity contribution in [3.63, 3.8) is 0 Å². The Hall–Kier alpha value is -1.46. The highest BCUT2D eigenvalue weighted by Gasteiger charge is 2.23. The number of nitrogens with zero attached hydrogens (tertiary/aromatic N) is 1. The Labute approximate surface area is 119 Å². The molecule has 1 amide bonds. The van der Waals surface area contributed by atoms with Gasteiger partial charge in [0.25, 0.3) is 0 Å². The molecule has 0 radical (unpaired) electrons. The van der Waals surface area contributed by atoms with Gasteiger partial charge >= 0.3 is 0 Å². The number of para-hydroxylation sites is 1. The number of carbonyl (C=O) groups is 1. The number of carbonyl (C=O) groups excluding carboxylic acids is 1. The second-order valence-electron chi connectivity index (χ2n) is 5.17.